The van der Waals surface area contributed by atoms with Gasteiger partial charge in [0.05, 0.1) is 18.5 Å². The van der Waals surface area contributed by atoms with Crippen LogP contribution in [0.1, 0.15) is 0 Å². The minimum absolute atomic E-state index is 0.706. The third-order valence-electron chi connectivity index (χ3n) is 3.54. The van der Waals surface area contributed by atoms with E-state index in [0.29, 0.717) is 5.65 Å². The number of benzene rings is 2. The molecular formula is C16H13N5O. The van der Waals surface area contributed by atoms with Crippen LogP contribution in [0.2, 0.25) is 0 Å². The summed E-state index contributed by atoms with van der Waals surface area (Å²) in [5.74, 6) is 0.812. The molecule has 2 aromatic carbocycles. The van der Waals surface area contributed by atoms with Gasteiger partial charge in [0.15, 0.2) is 5.52 Å². The topological polar surface area (TPSA) is 68.6 Å². The summed E-state index contributed by atoms with van der Waals surface area (Å²) >= 11 is 0. The van der Waals surface area contributed by atoms with Crippen LogP contribution >= 0.6 is 0 Å². The molecule has 2 aromatic heterocycles. The van der Waals surface area contributed by atoms with Gasteiger partial charge in [-0.2, -0.15) is 9.78 Å². The second kappa shape index (κ2) is 5.00. The molecule has 0 atom stereocenters. The maximum Gasteiger partial charge on any atom is 0.205 e. The van der Waals surface area contributed by atoms with Gasteiger partial charge in [0.25, 0.3) is 0 Å². The zero-order valence-electron chi connectivity index (χ0n) is 11.9. The lowest BCUT2D eigenvalue weighted by Crippen LogP contribution is -1.96. The van der Waals surface area contributed by atoms with Crippen molar-refractivity contribution in [1.82, 2.24) is 25.2 Å². The third-order valence-corrected chi connectivity index (χ3v) is 3.54. The van der Waals surface area contributed by atoms with Gasteiger partial charge in [-0.1, -0.05) is 23.4 Å². The molecule has 6 nitrogen and oxygen atoms in total. The molecule has 0 fully saturated rings. The van der Waals surface area contributed by atoms with Crippen molar-refractivity contribution >= 4 is 11.2 Å². The van der Waals surface area contributed by atoms with Gasteiger partial charge in [0.2, 0.25) is 5.65 Å². The Morgan fingerprint density at radius 1 is 1.00 bits per heavy atom. The van der Waals surface area contributed by atoms with Crippen LogP contribution in [0.3, 0.4) is 0 Å². The molecule has 0 saturated carbocycles. The SMILES string of the molecule is COc1ccc(-c2[nH]nc3c2nnn3-c2ccccc2)cc1. The highest BCUT2D eigenvalue weighted by molar-refractivity contribution is 5.88. The van der Waals surface area contributed by atoms with Crippen LogP contribution in [-0.2, 0) is 0 Å². The van der Waals surface area contributed by atoms with Gasteiger partial charge in [-0.25, -0.2) is 0 Å². The van der Waals surface area contributed by atoms with Crippen LogP contribution in [0.15, 0.2) is 54.6 Å². The number of nitrogens with zero attached hydrogens (tertiary/aromatic N) is 4. The van der Waals surface area contributed by atoms with Gasteiger partial charge in [-0.15, -0.1) is 5.10 Å². The molecule has 4 aromatic rings. The van der Waals surface area contributed by atoms with E-state index in [2.05, 4.69) is 20.5 Å². The molecular weight excluding hydrogens is 278 g/mol. The number of aromatic amines is 1. The number of hydrogen-bond donors (Lipinski definition) is 1. The smallest absolute Gasteiger partial charge is 0.205 e. The summed E-state index contributed by atoms with van der Waals surface area (Å²) in [6, 6.07) is 17.6. The Balaban J connectivity index is 1.82. The van der Waals surface area contributed by atoms with Crippen molar-refractivity contribution in [2.75, 3.05) is 7.11 Å². The van der Waals surface area contributed by atoms with Gasteiger partial charge >= 0.3 is 0 Å². The van der Waals surface area contributed by atoms with Crippen molar-refractivity contribution in [1.29, 1.82) is 0 Å². The minimum Gasteiger partial charge on any atom is -0.497 e. The molecule has 108 valence electrons. The van der Waals surface area contributed by atoms with E-state index in [-0.39, 0.29) is 0 Å². The molecule has 4 rings (SSSR count). The van der Waals surface area contributed by atoms with E-state index in [1.54, 1.807) is 11.8 Å². The van der Waals surface area contributed by atoms with E-state index in [9.17, 15) is 0 Å². The maximum atomic E-state index is 5.18. The van der Waals surface area contributed by atoms with E-state index in [1.165, 1.54) is 0 Å². The highest BCUT2D eigenvalue weighted by Crippen LogP contribution is 2.27. The van der Waals surface area contributed by atoms with Gasteiger partial charge in [-0.3, -0.25) is 5.10 Å². The molecule has 0 bridgehead atoms. The zero-order chi connectivity index (χ0) is 14.9. The van der Waals surface area contributed by atoms with Crippen molar-refractivity contribution in [3.63, 3.8) is 0 Å². The standard InChI is InChI=1S/C16H13N5O/c1-22-13-9-7-11(8-10-13)14-15-16(19-17-14)21(20-18-15)12-5-3-2-4-6-12/h2-10H,1H3,(H,17,19). The lowest BCUT2D eigenvalue weighted by molar-refractivity contribution is 0.415. The van der Waals surface area contributed by atoms with E-state index in [1.807, 2.05) is 54.6 Å². The Morgan fingerprint density at radius 3 is 2.50 bits per heavy atom. The number of para-hydroxylation sites is 1. The van der Waals surface area contributed by atoms with Gasteiger partial charge in [-0.05, 0) is 36.4 Å². The summed E-state index contributed by atoms with van der Waals surface area (Å²) in [4.78, 5) is 0. The highest BCUT2D eigenvalue weighted by Gasteiger charge is 2.15. The number of ether oxygens (including phenoxy) is 1. The molecule has 0 saturated heterocycles. The van der Waals surface area contributed by atoms with Crippen molar-refractivity contribution in [2.45, 2.75) is 0 Å². The summed E-state index contributed by atoms with van der Waals surface area (Å²) in [6.45, 7) is 0. The largest absolute Gasteiger partial charge is 0.497 e. The van der Waals surface area contributed by atoms with E-state index in [4.69, 9.17) is 4.74 Å². The monoisotopic (exact) mass is 291 g/mol. The minimum atomic E-state index is 0.706. The first-order chi connectivity index (χ1) is 10.9. The number of aromatic nitrogens is 5. The quantitative estimate of drug-likeness (QED) is 0.630. The lowest BCUT2D eigenvalue weighted by Gasteiger charge is -2.00. The van der Waals surface area contributed by atoms with E-state index >= 15 is 0 Å². The second-order valence-corrected chi connectivity index (χ2v) is 4.84. The molecule has 6 heteroatoms. The molecule has 0 spiro atoms. The second-order valence-electron chi connectivity index (χ2n) is 4.84. The maximum absolute atomic E-state index is 5.18. The average Bonchev–Trinajstić information content (AvgIpc) is 3.17. The lowest BCUT2D eigenvalue weighted by atomic mass is 10.1. The first-order valence-electron chi connectivity index (χ1n) is 6.86. The Labute approximate surface area is 126 Å². The van der Waals surface area contributed by atoms with Crippen molar-refractivity contribution < 1.29 is 4.74 Å². The summed E-state index contributed by atoms with van der Waals surface area (Å²) in [5.41, 5.74) is 4.21. The first-order valence-corrected chi connectivity index (χ1v) is 6.86. The molecule has 22 heavy (non-hydrogen) atoms. The highest BCUT2D eigenvalue weighted by atomic mass is 16.5. The number of methoxy groups -OCH3 is 1. The fourth-order valence-electron chi connectivity index (χ4n) is 2.40. The molecule has 0 radical (unpaired) electrons. The van der Waals surface area contributed by atoms with Gasteiger partial charge in [0, 0.05) is 5.56 Å². The molecule has 0 aliphatic heterocycles. The molecule has 2 heterocycles. The Kier molecular flexibility index (Phi) is 2.86. The third kappa shape index (κ3) is 1.93. The summed E-state index contributed by atoms with van der Waals surface area (Å²) in [6.07, 6.45) is 0. The van der Waals surface area contributed by atoms with Crippen LogP contribution in [0.4, 0.5) is 0 Å². The number of H-pyrrole nitrogens is 1. The van der Waals surface area contributed by atoms with Crippen molar-refractivity contribution in [3.05, 3.63) is 54.6 Å². The van der Waals surface area contributed by atoms with E-state index < -0.39 is 0 Å². The van der Waals surface area contributed by atoms with Crippen LogP contribution in [-0.4, -0.2) is 32.3 Å². The molecule has 1 N–H and O–H groups in total. The van der Waals surface area contributed by atoms with Crippen LogP contribution < -0.4 is 4.74 Å². The predicted molar refractivity (Wildman–Crippen MR) is 83.0 cm³/mol. The first kappa shape index (κ1) is 12.6. The number of nitrogens with one attached hydrogen (secondary N) is 1. The van der Waals surface area contributed by atoms with Crippen LogP contribution in [0, 0.1) is 0 Å². The molecule has 0 aliphatic carbocycles. The van der Waals surface area contributed by atoms with Crippen LogP contribution in [0.25, 0.3) is 28.1 Å². The molecule has 0 aliphatic rings. The fraction of sp³-hybridized carbons (Fsp3) is 0.0625. The Morgan fingerprint density at radius 2 is 1.77 bits per heavy atom. The summed E-state index contributed by atoms with van der Waals surface area (Å²) in [5, 5.41) is 15.9. The predicted octanol–water partition coefficient (Wildman–Crippen LogP) is 2.82. The van der Waals surface area contributed by atoms with Gasteiger partial charge < -0.3 is 4.74 Å². The summed E-state index contributed by atoms with van der Waals surface area (Å²) in [7, 11) is 1.65. The molecule has 0 amide bonds. The Bertz CT molecular complexity index is 909. The normalized spacial score (nSPS) is 11.0. The number of fused-ring (bicyclic) bond motifs is 1. The Hall–Kier alpha value is -3.15. The average molecular weight is 291 g/mol. The summed E-state index contributed by atoms with van der Waals surface area (Å²) < 4.78 is 6.90. The fourth-order valence-corrected chi connectivity index (χ4v) is 2.40. The van der Waals surface area contributed by atoms with Crippen molar-refractivity contribution in [2.24, 2.45) is 0 Å². The van der Waals surface area contributed by atoms with Crippen LogP contribution in [0.5, 0.6) is 5.75 Å². The van der Waals surface area contributed by atoms with Gasteiger partial charge in [0.1, 0.15) is 5.75 Å². The van der Waals surface area contributed by atoms with E-state index in [0.717, 1.165) is 28.2 Å². The van der Waals surface area contributed by atoms with Crippen molar-refractivity contribution in [3.8, 4) is 22.7 Å². The zero-order valence-corrected chi connectivity index (χ0v) is 11.9. The molecule has 0 unspecified atom stereocenters. The number of rotatable bonds is 3. The number of hydrogen-bond acceptors (Lipinski definition) is 4.